The van der Waals surface area contributed by atoms with E-state index in [1.165, 1.54) is 6.26 Å². The van der Waals surface area contributed by atoms with Gasteiger partial charge in [0, 0.05) is 32.1 Å². The second kappa shape index (κ2) is 6.30. The van der Waals surface area contributed by atoms with E-state index in [2.05, 4.69) is 4.90 Å². The van der Waals surface area contributed by atoms with Crippen molar-refractivity contribution in [3.63, 3.8) is 0 Å². The molecule has 1 aliphatic heterocycles. The second-order valence-electron chi connectivity index (χ2n) is 6.40. The van der Waals surface area contributed by atoms with Gasteiger partial charge in [-0.3, -0.25) is 4.90 Å². The number of likely N-dealkylation sites (tertiary alicyclic amines) is 1. The molecule has 0 aromatic heterocycles. The number of hydrogen-bond acceptors (Lipinski definition) is 5. The van der Waals surface area contributed by atoms with Crippen LogP contribution in [-0.4, -0.2) is 63.7 Å². The van der Waals surface area contributed by atoms with Crippen molar-refractivity contribution in [2.75, 3.05) is 39.6 Å². The number of methoxy groups -OCH3 is 1. The van der Waals surface area contributed by atoms with E-state index in [-0.39, 0.29) is 10.8 Å². The predicted octanol–water partition coefficient (Wildman–Crippen LogP) is 0.639. The fourth-order valence-corrected chi connectivity index (χ4v) is 5.90. The molecule has 0 aromatic rings. The third-order valence-electron chi connectivity index (χ3n) is 5.19. The zero-order valence-corrected chi connectivity index (χ0v) is 13.5. The normalized spacial score (nSPS) is 33.6. The lowest BCUT2D eigenvalue weighted by Crippen LogP contribution is -2.62. The molecule has 0 amide bonds. The first-order valence-electron chi connectivity index (χ1n) is 7.57. The Hall–Kier alpha value is -0.170. The van der Waals surface area contributed by atoms with Gasteiger partial charge in [-0.2, -0.15) is 0 Å². The number of nitrogens with two attached hydrogens (primary N) is 1. The molecule has 2 N–H and O–H groups in total. The molecule has 2 rings (SSSR count). The number of piperidine rings is 1. The van der Waals surface area contributed by atoms with Crippen molar-refractivity contribution in [2.24, 2.45) is 11.7 Å². The molecule has 1 saturated heterocycles. The summed E-state index contributed by atoms with van der Waals surface area (Å²) in [5.74, 6) is 0.601. The second-order valence-corrected chi connectivity index (χ2v) is 8.63. The van der Waals surface area contributed by atoms with Crippen LogP contribution in [0.15, 0.2) is 0 Å². The molecular formula is C14H28N2O3S. The van der Waals surface area contributed by atoms with E-state index in [1.54, 1.807) is 7.11 Å². The van der Waals surface area contributed by atoms with Crippen molar-refractivity contribution >= 4 is 9.84 Å². The minimum Gasteiger partial charge on any atom is -0.384 e. The lowest BCUT2D eigenvalue weighted by molar-refractivity contribution is 0.0382. The van der Waals surface area contributed by atoms with Gasteiger partial charge in [0.1, 0.15) is 0 Å². The zero-order chi connectivity index (χ0) is 14.8. The van der Waals surface area contributed by atoms with Crippen molar-refractivity contribution in [1.29, 1.82) is 0 Å². The van der Waals surface area contributed by atoms with Crippen LogP contribution in [0.2, 0.25) is 0 Å². The van der Waals surface area contributed by atoms with Gasteiger partial charge in [-0.15, -0.1) is 0 Å². The maximum atomic E-state index is 12.1. The van der Waals surface area contributed by atoms with Gasteiger partial charge in [-0.25, -0.2) is 8.42 Å². The minimum absolute atomic E-state index is 0.293. The standard InChI is InChI=1S/C14H28N2O3S/c1-19-10-12-5-8-16(9-6-12)14(11-15)7-3-4-13(14)20(2,17)18/h12-13H,3-11,15H2,1-2H3. The Kier molecular flexibility index (Phi) is 5.10. The van der Waals surface area contributed by atoms with Crippen LogP contribution in [0.3, 0.4) is 0 Å². The van der Waals surface area contributed by atoms with Crippen LogP contribution in [0.4, 0.5) is 0 Å². The monoisotopic (exact) mass is 304 g/mol. The highest BCUT2D eigenvalue weighted by Gasteiger charge is 2.51. The van der Waals surface area contributed by atoms with Crippen molar-refractivity contribution in [1.82, 2.24) is 4.90 Å². The van der Waals surface area contributed by atoms with Gasteiger partial charge in [0.15, 0.2) is 9.84 Å². The minimum atomic E-state index is -3.04. The van der Waals surface area contributed by atoms with Crippen molar-refractivity contribution in [2.45, 2.75) is 42.9 Å². The quantitative estimate of drug-likeness (QED) is 0.807. The average molecular weight is 304 g/mol. The summed E-state index contributed by atoms with van der Waals surface area (Å²) in [5, 5.41) is -0.293. The van der Waals surface area contributed by atoms with Crippen LogP contribution in [0, 0.1) is 5.92 Å². The van der Waals surface area contributed by atoms with Gasteiger partial charge in [0.2, 0.25) is 0 Å². The summed E-state index contributed by atoms with van der Waals surface area (Å²) in [7, 11) is -1.30. The summed E-state index contributed by atoms with van der Waals surface area (Å²) >= 11 is 0. The fraction of sp³-hybridized carbons (Fsp3) is 1.00. The molecule has 1 heterocycles. The zero-order valence-electron chi connectivity index (χ0n) is 12.7. The highest BCUT2D eigenvalue weighted by atomic mass is 32.2. The Morgan fingerprint density at radius 1 is 1.30 bits per heavy atom. The number of ether oxygens (including phenoxy) is 1. The maximum absolute atomic E-state index is 12.1. The topological polar surface area (TPSA) is 72.6 Å². The van der Waals surface area contributed by atoms with Gasteiger partial charge in [-0.05, 0) is 44.7 Å². The lowest BCUT2D eigenvalue weighted by Gasteiger charge is -2.47. The Balaban J connectivity index is 2.12. The first-order valence-corrected chi connectivity index (χ1v) is 9.52. The molecule has 118 valence electrons. The van der Waals surface area contributed by atoms with Gasteiger partial charge in [0.25, 0.3) is 0 Å². The SMILES string of the molecule is COCC1CCN(C2(CN)CCCC2S(C)(=O)=O)CC1. The molecule has 0 spiro atoms. The molecular weight excluding hydrogens is 276 g/mol. The molecule has 2 aliphatic rings. The maximum Gasteiger partial charge on any atom is 0.152 e. The van der Waals surface area contributed by atoms with Crippen molar-refractivity contribution in [3.05, 3.63) is 0 Å². The van der Waals surface area contributed by atoms with Crippen LogP contribution < -0.4 is 5.73 Å². The number of sulfone groups is 1. The largest absolute Gasteiger partial charge is 0.384 e. The summed E-state index contributed by atoms with van der Waals surface area (Å²) in [5.41, 5.74) is 5.72. The van der Waals surface area contributed by atoms with E-state index in [0.717, 1.165) is 51.8 Å². The Labute approximate surface area is 122 Å². The molecule has 2 fully saturated rings. The first kappa shape index (κ1) is 16.2. The number of hydrogen-bond donors (Lipinski definition) is 1. The van der Waals surface area contributed by atoms with E-state index < -0.39 is 9.84 Å². The third-order valence-corrected chi connectivity index (χ3v) is 6.90. The number of rotatable bonds is 5. The lowest BCUT2D eigenvalue weighted by atomic mass is 9.89. The molecule has 20 heavy (non-hydrogen) atoms. The first-order chi connectivity index (χ1) is 9.44. The molecule has 0 radical (unpaired) electrons. The summed E-state index contributed by atoms with van der Waals surface area (Å²) in [4.78, 5) is 2.36. The van der Waals surface area contributed by atoms with E-state index in [4.69, 9.17) is 10.5 Å². The summed E-state index contributed by atoms with van der Waals surface area (Å²) < 4.78 is 29.5. The summed E-state index contributed by atoms with van der Waals surface area (Å²) in [6, 6.07) is 0. The van der Waals surface area contributed by atoms with Gasteiger partial charge >= 0.3 is 0 Å². The van der Waals surface area contributed by atoms with Crippen LogP contribution >= 0.6 is 0 Å². The molecule has 2 atom stereocenters. The van der Waals surface area contributed by atoms with Gasteiger partial charge in [0.05, 0.1) is 5.25 Å². The summed E-state index contributed by atoms with van der Waals surface area (Å²) in [6.45, 7) is 3.13. The Morgan fingerprint density at radius 3 is 2.45 bits per heavy atom. The predicted molar refractivity (Wildman–Crippen MR) is 80.4 cm³/mol. The van der Waals surface area contributed by atoms with Crippen molar-refractivity contribution < 1.29 is 13.2 Å². The van der Waals surface area contributed by atoms with E-state index in [0.29, 0.717) is 12.5 Å². The average Bonchev–Trinajstić information content (AvgIpc) is 2.85. The molecule has 6 heteroatoms. The Morgan fingerprint density at radius 2 is 1.95 bits per heavy atom. The Bertz CT molecular complexity index is 418. The van der Waals surface area contributed by atoms with Crippen LogP contribution in [0.25, 0.3) is 0 Å². The highest BCUT2D eigenvalue weighted by Crippen LogP contribution is 2.40. The van der Waals surface area contributed by atoms with Crippen LogP contribution in [-0.2, 0) is 14.6 Å². The number of nitrogens with zero attached hydrogens (tertiary/aromatic N) is 1. The molecule has 1 aliphatic carbocycles. The molecule has 0 aromatic carbocycles. The van der Waals surface area contributed by atoms with Crippen molar-refractivity contribution in [3.8, 4) is 0 Å². The van der Waals surface area contributed by atoms with Gasteiger partial charge in [-0.1, -0.05) is 6.42 Å². The van der Waals surface area contributed by atoms with Gasteiger partial charge < -0.3 is 10.5 Å². The summed E-state index contributed by atoms with van der Waals surface area (Å²) in [6.07, 6.45) is 6.15. The molecule has 0 bridgehead atoms. The van der Waals surface area contributed by atoms with Crippen LogP contribution in [0.5, 0.6) is 0 Å². The van der Waals surface area contributed by atoms with E-state index >= 15 is 0 Å². The molecule has 5 nitrogen and oxygen atoms in total. The van der Waals surface area contributed by atoms with E-state index in [9.17, 15) is 8.42 Å². The third kappa shape index (κ3) is 3.03. The highest BCUT2D eigenvalue weighted by molar-refractivity contribution is 7.91. The fourth-order valence-electron chi connectivity index (χ4n) is 4.14. The van der Waals surface area contributed by atoms with E-state index in [1.807, 2.05) is 0 Å². The molecule has 2 unspecified atom stereocenters. The molecule has 1 saturated carbocycles. The smallest absolute Gasteiger partial charge is 0.152 e. The van der Waals surface area contributed by atoms with Crippen LogP contribution in [0.1, 0.15) is 32.1 Å².